The molecule has 2 aromatic carbocycles. The van der Waals surface area contributed by atoms with Crippen molar-refractivity contribution in [3.05, 3.63) is 74.0 Å². The fourth-order valence-corrected chi connectivity index (χ4v) is 5.08. The molecule has 6 nitrogen and oxygen atoms in total. The van der Waals surface area contributed by atoms with Crippen LogP contribution < -0.4 is 4.74 Å². The minimum Gasteiger partial charge on any atom is -0.487 e. The SMILES string of the molecule is C=CCOc1c(Br)cc(C=C2SC(=Nc3ccc(C(=O)OC)cc3)N(C)C2=O)cc1Br. The van der Waals surface area contributed by atoms with E-state index in [2.05, 4.69) is 43.4 Å². The molecule has 0 saturated carbocycles. The third-order valence-corrected chi connectivity index (χ3v) is 6.42. The molecule has 0 aliphatic carbocycles. The molecule has 3 rings (SSSR count). The summed E-state index contributed by atoms with van der Waals surface area (Å²) in [6.07, 6.45) is 3.47. The Balaban J connectivity index is 1.84. The van der Waals surface area contributed by atoms with Crippen LogP contribution in [0.3, 0.4) is 0 Å². The summed E-state index contributed by atoms with van der Waals surface area (Å²) < 4.78 is 11.9. The highest BCUT2D eigenvalue weighted by Crippen LogP contribution is 2.38. The number of thioether (sulfide) groups is 1. The summed E-state index contributed by atoms with van der Waals surface area (Å²) in [5.74, 6) is 0.113. The molecule has 0 N–H and O–H groups in total. The van der Waals surface area contributed by atoms with Gasteiger partial charge in [0.2, 0.25) is 0 Å². The fourth-order valence-electron chi connectivity index (χ4n) is 2.65. The van der Waals surface area contributed by atoms with Gasteiger partial charge in [0.15, 0.2) is 5.17 Å². The van der Waals surface area contributed by atoms with E-state index in [1.165, 1.54) is 23.8 Å². The quantitative estimate of drug-likeness (QED) is 0.252. The van der Waals surface area contributed by atoms with Gasteiger partial charge in [0.05, 0.1) is 32.2 Å². The Hall–Kier alpha value is -2.36. The smallest absolute Gasteiger partial charge is 0.337 e. The van der Waals surface area contributed by atoms with Crippen molar-refractivity contribution in [2.75, 3.05) is 20.8 Å². The monoisotopic (exact) mass is 564 g/mol. The highest BCUT2D eigenvalue weighted by atomic mass is 79.9. The molecule has 0 spiro atoms. The second-order valence-corrected chi connectivity index (χ2v) is 9.04. The van der Waals surface area contributed by atoms with Gasteiger partial charge in [-0.25, -0.2) is 9.79 Å². The van der Waals surface area contributed by atoms with Gasteiger partial charge in [-0.2, -0.15) is 0 Å². The molecule has 1 saturated heterocycles. The Labute approximate surface area is 201 Å². The largest absolute Gasteiger partial charge is 0.487 e. The highest BCUT2D eigenvalue weighted by molar-refractivity contribution is 9.11. The van der Waals surface area contributed by atoms with Crippen molar-refractivity contribution in [2.24, 2.45) is 4.99 Å². The number of nitrogens with zero attached hydrogens (tertiary/aromatic N) is 2. The molecular weight excluding hydrogens is 548 g/mol. The lowest BCUT2D eigenvalue weighted by Crippen LogP contribution is -2.23. The zero-order valence-corrected chi connectivity index (χ0v) is 20.7. The Morgan fingerprint density at radius 1 is 1.23 bits per heavy atom. The standard InChI is InChI=1S/C22H18Br2N2O4S/c1-4-9-30-19-16(23)10-13(11-17(19)24)12-18-20(27)26(2)22(31-18)25-15-7-5-14(6-8-15)21(28)29-3/h4-8,10-12H,1,9H2,2-3H3. The maximum Gasteiger partial charge on any atom is 0.337 e. The maximum absolute atomic E-state index is 12.7. The number of ether oxygens (including phenoxy) is 2. The Morgan fingerprint density at radius 3 is 2.45 bits per heavy atom. The highest BCUT2D eigenvalue weighted by Gasteiger charge is 2.30. The van der Waals surface area contributed by atoms with Crippen molar-refractivity contribution in [1.82, 2.24) is 4.90 Å². The minimum atomic E-state index is -0.412. The Bertz CT molecular complexity index is 1070. The number of hydrogen-bond donors (Lipinski definition) is 0. The first-order valence-corrected chi connectivity index (χ1v) is 11.4. The van der Waals surface area contributed by atoms with E-state index < -0.39 is 5.97 Å². The molecule has 160 valence electrons. The third-order valence-electron chi connectivity index (χ3n) is 4.18. The van der Waals surface area contributed by atoms with Crippen LogP contribution in [0.4, 0.5) is 5.69 Å². The number of halogens is 2. The summed E-state index contributed by atoms with van der Waals surface area (Å²) in [4.78, 5) is 30.8. The van der Waals surface area contributed by atoms with E-state index in [1.807, 2.05) is 12.1 Å². The van der Waals surface area contributed by atoms with Gasteiger partial charge in [-0.15, -0.1) is 0 Å². The van der Waals surface area contributed by atoms with Crippen molar-refractivity contribution < 1.29 is 19.1 Å². The average Bonchev–Trinajstić information content (AvgIpc) is 3.01. The molecule has 0 atom stereocenters. The van der Waals surface area contributed by atoms with Crippen molar-refractivity contribution in [1.29, 1.82) is 0 Å². The predicted molar refractivity (Wildman–Crippen MR) is 131 cm³/mol. The summed E-state index contributed by atoms with van der Waals surface area (Å²) in [7, 11) is 3.01. The number of likely N-dealkylation sites (N-methyl/N-ethyl adjacent to an activating group) is 1. The van der Waals surface area contributed by atoms with E-state index >= 15 is 0 Å². The lowest BCUT2D eigenvalue weighted by molar-refractivity contribution is -0.121. The second-order valence-electron chi connectivity index (χ2n) is 6.32. The van der Waals surface area contributed by atoms with Crippen LogP contribution in [0.5, 0.6) is 5.75 Å². The number of benzene rings is 2. The summed E-state index contributed by atoms with van der Waals surface area (Å²) >= 11 is 8.29. The first kappa shape index (κ1) is 23.3. The van der Waals surface area contributed by atoms with E-state index in [4.69, 9.17) is 9.47 Å². The third kappa shape index (κ3) is 5.47. The van der Waals surface area contributed by atoms with E-state index in [-0.39, 0.29) is 5.91 Å². The molecule has 0 aromatic heterocycles. The number of amidine groups is 1. The van der Waals surface area contributed by atoms with E-state index in [0.717, 1.165) is 14.5 Å². The summed E-state index contributed by atoms with van der Waals surface area (Å²) in [6, 6.07) is 10.4. The predicted octanol–water partition coefficient (Wildman–Crippen LogP) is 5.80. The van der Waals surface area contributed by atoms with Crippen molar-refractivity contribution >= 4 is 72.4 Å². The van der Waals surface area contributed by atoms with Gasteiger partial charge < -0.3 is 9.47 Å². The van der Waals surface area contributed by atoms with Crippen molar-refractivity contribution in [3.63, 3.8) is 0 Å². The molecule has 1 heterocycles. The van der Waals surface area contributed by atoms with Gasteiger partial charge in [0.1, 0.15) is 12.4 Å². The summed E-state index contributed by atoms with van der Waals surface area (Å²) in [6.45, 7) is 4.03. The first-order valence-electron chi connectivity index (χ1n) is 9.01. The Morgan fingerprint density at radius 2 is 1.87 bits per heavy atom. The van der Waals surface area contributed by atoms with E-state index in [9.17, 15) is 9.59 Å². The van der Waals surface area contributed by atoms with Crippen LogP contribution in [0.1, 0.15) is 15.9 Å². The molecule has 31 heavy (non-hydrogen) atoms. The molecule has 1 aliphatic rings. The number of methoxy groups -OCH3 is 1. The topological polar surface area (TPSA) is 68.2 Å². The zero-order chi connectivity index (χ0) is 22.5. The van der Waals surface area contributed by atoms with Crippen molar-refractivity contribution in [2.45, 2.75) is 0 Å². The summed E-state index contributed by atoms with van der Waals surface area (Å²) in [5, 5.41) is 0.547. The summed E-state index contributed by atoms with van der Waals surface area (Å²) in [5.41, 5.74) is 1.90. The molecule has 0 radical (unpaired) electrons. The van der Waals surface area contributed by atoms with Gasteiger partial charge in [-0.05, 0) is 91.7 Å². The molecule has 0 unspecified atom stereocenters. The van der Waals surface area contributed by atoms with Gasteiger partial charge in [-0.3, -0.25) is 9.69 Å². The second kappa shape index (κ2) is 10.3. The number of esters is 1. The van der Waals surface area contributed by atoms with Crippen LogP contribution in [-0.2, 0) is 9.53 Å². The maximum atomic E-state index is 12.7. The lowest BCUT2D eigenvalue weighted by atomic mass is 10.2. The fraction of sp³-hybridized carbons (Fsp3) is 0.136. The van der Waals surface area contributed by atoms with Crippen LogP contribution >= 0.6 is 43.6 Å². The molecule has 2 aromatic rings. The van der Waals surface area contributed by atoms with Gasteiger partial charge >= 0.3 is 5.97 Å². The van der Waals surface area contributed by atoms with Crippen LogP contribution in [0.25, 0.3) is 6.08 Å². The molecule has 0 bridgehead atoms. The van der Waals surface area contributed by atoms with Crippen LogP contribution in [0.2, 0.25) is 0 Å². The van der Waals surface area contributed by atoms with Crippen molar-refractivity contribution in [3.8, 4) is 5.75 Å². The lowest BCUT2D eigenvalue weighted by Gasteiger charge is -2.09. The number of carbonyl (C=O) groups is 2. The average molecular weight is 566 g/mol. The van der Waals surface area contributed by atoms with Gasteiger partial charge in [-0.1, -0.05) is 12.7 Å². The minimum absolute atomic E-state index is 0.144. The van der Waals surface area contributed by atoms with Gasteiger partial charge in [0.25, 0.3) is 5.91 Å². The number of aliphatic imine (C=N–C) groups is 1. The first-order chi connectivity index (χ1) is 14.8. The van der Waals surface area contributed by atoms with Crippen LogP contribution in [-0.4, -0.2) is 42.7 Å². The molecule has 1 amide bonds. The molecule has 9 heteroatoms. The van der Waals surface area contributed by atoms with Gasteiger partial charge in [0, 0.05) is 7.05 Å². The number of hydrogen-bond acceptors (Lipinski definition) is 6. The van der Waals surface area contributed by atoms with Crippen LogP contribution in [0, 0.1) is 0 Å². The molecule has 1 fully saturated rings. The molecule has 1 aliphatic heterocycles. The normalized spacial score (nSPS) is 16.1. The number of carbonyl (C=O) groups excluding carboxylic acids is 2. The van der Waals surface area contributed by atoms with E-state index in [0.29, 0.717) is 33.7 Å². The number of amides is 1. The van der Waals surface area contributed by atoms with Crippen LogP contribution in [0.15, 0.2) is 67.9 Å². The zero-order valence-electron chi connectivity index (χ0n) is 16.7. The molecular formula is C22H18Br2N2O4S. The Kier molecular flexibility index (Phi) is 7.74. The number of rotatable bonds is 6. The van der Waals surface area contributed by atoms with E-state index in [1.54, 1.807) is 43.5 Å².